The summed E-state index contributed by atoms with van der Waals surface area (Å²) in [5.41, 5.74) is 1.63. The predicted molar refractivity (Wildman–Crippen MR) is 51.6 cm³/mol. The lowest BCUT2D eigenvalue weighted by Crippen LogP contribution is -2.32. The first kappa shape index (κ1) is 9.71. The van der Waals surface area contributed by atoms with E-state index in [-0.39, 0.29) is 5.91 Å². The van der Waals surface area contributed by atoms with E-state index in [1.54, 1.807) is 18.3 Å². The van der Waals surface area contributed by atoms with Gasteiger partial charge in [-0.15, -0.1) is 0 Å². The number of hydrogen-bond acceptors (Lipinski definition) is 2. The van der Waals surface area contributed by atoms with Gasteiger partial charge in [0.1, 0.15) is 0 Å². The first-order valence-corrected chi connectivity index (χ1v) is 4.60. The number of nitrogens with zero attached hydrogens (tertiary/aromatic N) is 1. The van der Waals surface area contributed by atoms with Crippen LogP contribution >= 0.6 is 0 Å². The number of aromatic nitrogens is 1. The molecule has 0 atom stereocenters. The number of carbonyl (C=O) groups excluding carboxylic acids is 1. The zero-order valence-corrected chi connectivity index (χ0v) is 8.00. The van der Waals surface area contributed by atoms with Crippen molar-refractivity contribution in [2.24, 2.45) is 0 Å². The van der Waals surface area contributed by atoms with Crippen LogP contribution in [0.1, 0.15) is 29.9 Å². The molecule has 0 saturated carbocycles. The molecule has 1 amide bonds. The minimum Gasteiger partial charge on any atom is -0.352 e. The largest absolute Gasteiger partial charge is 0.352 e. The lowest BCUT2D eigenvalue weighted by atomic mass is 10.1. The first-order valence-electron chi connectivity index (χ1n) is 4.60. The van der Waals surface area contributed by atoms with Crippen molar-refractivity contribution in [2.45, 2.75) is 20.3 Å². The van der Waals surface area contributed by atoms with E-state index in [1.165, 1.54) is 0 Å². The quantitative estimate of drug-likeness (QED) is 0.652. The van der Waals surface area contributed by atoms with Gasteiger partial charge in [0.25, 0.3) is 5.91 Å². The monoisotopic (exact) mass is 178 g/mol. The molecule has 0 radical (unpaired) electrons. The Morgan fingerprint density at radius 2 is 2.23 bits per heavy atom. The molecule has 1 aliphatic heterocycles. The summed E-state index contributed by atoms with van der Waals surface area (Å²) in [5.74, 6) is -0.000602. The Hall–Kier alpha value is -1.38. The summed E-state index contributed by atoms with van der Waals surface area (Å²) in [7, 11) is 0. The summed E-state index contributed by atoms with van der Waals surface area (Å²) < 4.78 is 0. The molecule has 3 nitrogen and oxygen atoms in total. The number of nitrogens with one attached hydrogen (secondary N) is 1. The van der Waals surface area contributed by atoms with Crippen molar-refractivity contribution in [3.8, 4) is 0 Å². The summed E-state index contributed by atoms with van der Waals surface area (Å²) in [5, 5.41) is 2.76. The highest BCUT2D eigenvalue weighted by Gasteiger charge is 2.15. The van der Waals surface area contributed by atoms with Gasteiger partial charge in [-0.25, -0.2) is 0 Å². The molecule has 1 aromatic heterocycles. The first-order chi connectivity index (χ1) is 6.38. The maximum absolute atomic E-state index is 11.1. The lowest BCUT2D eigenvalue weighted by molar-refractivity contribution is 0.0945. The number of hydrogen-bond donors (Lipinski definition) is 1. The van der Waals surface area contributed by atoms with Crippen LogP contribution in [0.3, 0.4) is 0 Å². The van der Waals surface area contributed by atoms with Crippen LogP contribution in [0.15, 0.2) is 18.3 Å². The average Bonchev–Trinajstić information content (AvgIpc) is 2.22. The lowest BCUT2D eigenvalue weighted by Gasteiger charge is -2.13. The van der Waals surface area contributed by atoms with Gasteiger partial charge in [0.05, 0.1) is 11.3 Å². The van der Waals surface area contributed by atoms with Gasteiger partial charge in [-0.3, -0.25) is 9.78 Å². The number of amides is 1. The van der Waals surface area contributed by atoms with Gasteiger partial charge in [0.15, 0.2) is 0 Å². The molecule has 0 spiro atoms. The molecule has 0 bridgehead atoms. The Morgan fingerprint density at radius 1 is 1.46 bits per heavy atom. The fourth-order valence-electron chi connectivity index (χ4n) is 1.23. The van der Waals surface area contributed by atoms with Crippen LogP contribution in [0, 0.1) is 0 Å². The van der Waals surface area contributed by atoms with Crippen molar-refractivity contribution >= 4 is 5.91 Å². The second-order valence-electron chi connectivity index (χ2n) is 2.50. The van der Waals surface area contributed by atoms with Crippen molar-refractivity contribution in [3.05, 3.63) is 29.6 Å². The Bertz CT molecular complexity index is 297. The summed E-state index contributed by atoms with van der Waals surface area (Å²) in [6.45, 7) is 4.71. The van der Waals surface area contributed by atoms with E-state index in [0.29, 0.717) is 6.54 Å². The third-order valence-corrected chi connectivity index (χ3v) is 1.78. The van der Waals surface area contributed by atoms with Crippen LogP contribution in [-0.2, 0) is 6.42 Å². The highest BCUT2D eigenvalue weighted by molar-refractivity contribution is 5.96. The molecule has 0 unspecified atom stereocenters. The SMILES string of the molecule is CC.O=C1NCCc2ncccc21. The van der Waals surface area contributed by atoms with Gasteiger partial charge >= 0.3 is 0 Å². The minimum absolute atomic E-state index is 0.000602. The van der Waals surface area contributed by atoms with E-state index in [4.69, 9.17) is 0 Å². The highest BCUT2D eigenvalue weighted by Crippen LogP contribution is 2.08. The molecule has 1 aliphatic rings. The van der Waals surface area contributed by atoms with Crippen LogP contribution in [0.5, 0.6) is 0 Å². The molecule has 70 valence electrons. The van der Waals surface area contributed by atoms with E-state index in [2.05, 4.69) is 10.3 Å². The van der Waals surface area contributed by atoms with Gasteiger partial charge in [-0.2, -0.15) is 0 Å². The van der Waals surface area contributed by atoms with Crippen LogP contribution in [0.2, 0.25) is 0 Å². The molecule has 1 aromatic rings. The van der Waals surface area contributed by atoms with Crippen LogP contribution in [0.4, 0.5) is 0 Å². The predicted octanol–water partition coefficient (Wildman–Crippen LogP) is 1.39. The Kier molecular flexibility index (Phi) is 3.43. The molecule has 2 rings (SSSR count). The molecule has 0 saturated heterocycles. The standard InChI is InChI=1S/C8H8N2O.C2H6/c11-8-6-2-1-4-9-7(6)3-5-10-8;1-2/h1-2,4H,3,5H2,(H,10,11);1-2H3. The summed E-state index contributed by atoms with van der Waals surface area (Å²) in [6, 6.07) is 3.58. The molecule has 2 heterocycles. The molecular weight excluding hydrogens is 164 g/mol. The Morgan fingerprint density at radius 3 is 2.92 bits per heavy atom. The van der Waals surface area contributed by atoms with Gasteiger partial charge < -0.3 is 5.32 Å². The van der Waals surface area contributed by atoms with Crippen LogP contribution < -0.4 is 5.32 Å². The number of fused-ring (bicyclic) bond motifs is 1. The molecule has 0 aliphatic carbocycles. The third-order valence-electron chi connectivity index (χ3n) is 1.78. The van der Waals surface area contributed by atoms with E-state index in [0.717, 1.165) is 17.7 Å². The van der Waals surface area contributed by atoms with Crippen molar-refractivity contribution < 1.29 is 4.79 Å². The molecule has 1 N–H and O–H groups in total. The molecule has 0 aromatic carbocycles. The van der Waals surface area contributed by atoms with Gasteiger partial charge in [-0.05, 0) is 12.1 Å². The van der Waals surface area contributed by atoms with E-state index in [1.807, 2.05) is 13.8 Å². The number of rotatable bonds is 0. The normalized spacial score (nSPS) is 13.5. The van der Waals surface area contributed by atoms with Gasteiger partial charge in [0, 0.05) is 19.2 Å². The maximum Gasteiger partial charge on any atom is 0.253 e. The second kappa shape index (κ2) is 4.60. The summed E-state index contributed by atoms with van der Waals surface area (Å²) in [6.07, 6.45) is 2.57. The van der Waals surface area contributed by atoms with Gasteiger partial charge in [0.2, 0.25) is 0 Å². The molecule has 3 heteroatoms. The van der Waals surface area contributed by atoms with Crippen molar-refractivity contribution in [1.29, 1.82) is 0 Å². The van der Waals surface area contributed by atoms with Gasteiger partial charge in [-0.1, -0.05) is 13.8 Å². The minimum atomic E-state index is -0.000602. The number of pyridine rings is 1. The summed E-state index contributed by atoms with van der Waals surface area (Å²) >= 11 is 0. The third kappa shape index (κ3) is 2.05. The Balaban J connectivity index is 0.000000396. The average molecular weight is 178 g/mol. The van der Waals surface area contributed by atoms with E-state index < -0.39 is 0 Å². The van der Waals surface area contributed by atoms with Crippen molar-refractivity contribution in [1.82, 2.24) is 10.3 Å². The fourth-order valence-corrected chi connectivity index (χ4v) is 1.23. The van der Waals surface area contributed by atoms with Crippen LogP contribution in [0.25, 0.3) is 0 Å². The topological polar surface area (TPSA) is 42.0 Å². The van der Waals surface area contributed by atoms with Crippen molar-refractivity contribution in [2.75, 3.05) is 6.54 Å². The molecular formula is C10H14N2O. The summed E-state index contributed by atoms with van der Waals surface area (Å²) in [4.78, 5) is 15.2. The maximum atomic E-state index is 11.1. The second-order valence-corrected chi connectivity index (χ2v) is 2.50. The van der Waals surface area contributed by atoms with Crippen molar-refractivity contribution in [3.63, 3.8) is 0 Å². The van der Waals surface area contributed by atoms with E-state index >= 15 is 0 Å². The molecule has 0 fully saturated rings. The van der Waals surface area contributed by atoms with Crippen LogP contribution in [-0.4, -0.2) is 17.4 Å². The smallest absolute Gasteiger partial charge is 0.253 e. The van der Waals surface area contributed by atoms with E-state index in [9.17, 15) is 4.79 Å². The highest BCUT2D eigenvalue weighted by atomic mass is 16.1. The Labute approximate surface area is 78.2 Å². The number of carbonyl (C=O) groups is 1. The fraction of sp³-hybridized carbons (Fsp3) is 0.400. The molecule has 13 heavy (non-hydrogen) atoms. The zero-order valence-electron chi connectivity index (χ0n) is 8.00. The zero-order chi connectivity index (χ0) is 9.68.